The number of rotatable bonds is 6. The van der Waals surface area contributed by atoms with Crippen LogP contribution in [0.2, 0.25) is 0 Å². The predicted molar refractivity (Wildman–Crippen MR) is 100 cm³/mol. The number of ether oxygens (including phenoxy) is 1. The standard InChI is InChI=1S/C21H21N3O2/c1-2-26-19-10-9-14-5-3-4-6-17(14)20(19)21(25)22-12-16-11-18(15-7-8-15)24-13-23-16/h3-6,9-11,13,15H,2,7-8,12H2,1H3,(H,22,25). The van der Waals surface area contributed by atoms with Crippen LogP contribution in [0, 0.1) is 0 Å². The maximum Gasteiger partial charge on any atom is 0.256 e. The number of hydrogen-bond acceptors (Lipinski definition) is 4. The summed E-state index contributed by atoms with van der Waals surface area (Å²) in [5.74, 6) is 1.01. The summed E-state index contributed by atoms with van der Waals surface area (Å²) in [5, 5.41) is 4.88. The molecule has 5 heteroatoms. The minimum atomic E-state index is -0.156. The van der Waals surface area contributed by atoms with E-state index in [4.69, 9.17) is 4.74 Å². The lowest BCUT2D eigenvalue weighted by atomic mass is 10.0. The second-order valence-corrected chi connectivity index (χ2v) is 6.48. The molecule has 1 heterocycles. The van der Waals surface area contributed by atoms with Gasteiger partial charge in [-0.3, -0.25) is 4.79 Å². The van der Waals surface area contributed by atoms with Crippen molar-refractivity contribution in [3.8, 4) is 5.75 Å². The Balaban J connectivity index is 1.59. The van der Waals surface area contributed by atoms with Crippen LogP contribution in [0.4, 0.5) is 0 Å². The maximum atomic E-state index is 12.9. The van der Waals surface area contributed by atoms with Crippen molar-refractivity contribution < 1.29 is 9.53 Å². The lowest BCUT2D eigenvalue weighted by Crippen LogP contribution is -2.24. The molecule has 1 aliphatic carbocycles. The lowest BCUT2D eigenvalue weighted by molar-refractivity contribution is 0.0948. The van der Waals surface area contributed by atoms with Crippen LogP contribution in [0.1, 0.15) is 47.4 Å². The predicted octanol–water partition coefficient (Wildman–Crippen LogP) is 3.84. The van der Waals surface area contributed by atoms with Gasteiger partial charge >= 0.3 is 0 Å². The summed E-state index contributed by atoms with van der Waals surface area (Å²) >= 11 is 0. The van der Waals surface area contributed by atoms with E-state index in [1.807, 2.05) is 49.4 Å². The van der Waals surface area contributed by atoms with Crippen molar-refractivity contribution in [3.05, 3.63) is 65.7 Å². The molecule has 0 unspecified atom stereocenters. The van der Waals surface area contributed by atoms with Crippen LogP contribution < -0.4 is 10.1 Å². The molecule has 0 radical (unpaired) electrons. The van der Waals surface area contributed by atoms with E-state index in [1.54, 1.807) is 6.33 Å². The van der Waals surface area contributed by atoms with Crippen LogP contribution in [0.25, 0.3) is 10.8 Å². The molecule has 3 aromatic rings. The molecule has 26 heavy (non-hydrogen) atoms. The summed E-state index contributed by atoms with van der Waals surface area (Å²) in [4.78, 5) is 21.5. The van der Waals surface area contributed by atoms with Gasteiger partial charge in [-0.2, -0.15) is 0 Å². The fourth-order valence-corrected chi connectivity index (χ4v) is 3.13. The van der Waals surface area contributed by atoms with Crippen LogP contribution in [0.3, 0.4) is 0 Å². The highest BCUT2D eigenvalue weighted by Crippen LogP contribution is 2.38. The van der Waals surface area contributed by atoms with Crippen molar-refractivity contribution in [3.63, 3.8) is 0 Å². The van der Waals surface area contributed by atoms with Gasteiger partial charge < -0.3 is 10.1 Å². The summed E-state index contributed by atoms with van der Waals surface area (Å²) in [6, 6.07) is 13.7. The second kappa shape index (κ2) is 7.12. The van der Waals surface area contributed by atoms with Gasteiger partial charge in [0.15, 0.2) is 0 Å². The Bertz CT molecular complexity index is 951. The smallest absolute Gasteiger partial charge is 0.256 e. The number of nitrogens with one attached hydrogen (secondary N) is 1. The fraction of sp³-hybridized carbons (Fsp3) is 0.286. The van der Waals surface area contributed by atoms with E-state index in [1.165, 1.54) is 12.8 Å². The molecule has 0 saturated heterocycles. The van der Waals surface area contributed by atoms with Crippen LogP contribution in [0.15, 0.2) is 48.8 Å². The average molecular weight is 347 g/mol. The maximum absolute atomic E-state index is 12.9. The van der Waals surface area contributed by atoms with Crippen LogP contribution >= 0.6 is 0 Å². The third kappa shape index (κ3) is 3.38. The SMILES string of the molecule is CCOc1ccc2ccccc2c1C(=O)NCc1cc(C2CC2)ncn1. The summed E-state index contributed by atoms with van der Waals surface area (Å²) in [6.07, 6.45) is 3.96. The summed E-state index contributed by atoms with van der Waals surface area (Å²) < 4.78 is 5.69. The number of hydrogen-bond donors (Lipinski definition) is 1. The van der Waals surface area contributed by atoms with Gasteiger partial charge in [0.1, 0.15) is 12.1 Å². The summed E-state index contributed by atoms with van der Waals surface area (Å²) in [5.41, 5.74) is 2.47. The normalized spacial score (nSPS) is 13.6. The van der Waals surface area contributed by atoms with Crippen molar-refractivity contribution in [2.75, 3.05) is 6.61 Å². The Morgan fingerprint density at radius 2 is 2.04 bits per heavy atom. The Morgan fingerprint density at radius 3 is 2.85 bits per heavy atom. The van der Waals surface area contributed by atoms with E-state index in [2.05, 4.69) is 15.3 Å². The highest BCUT2D eigenvalue weighted by Gasteiger charge is 2.25. The van der Waals surface area contributed by atoms with Gasteiger partial charge in [0.25, 0.3) is 5.91 Å². The first kappa shape index (κ1) is 16.5. The van der Waals surface area contributed by atoms with E-state index in [0.717, 1.165) is 22.2 Å². The zero-order chi connectivity index (χ0) is 17.9. The molecule has 132 valence electrons. The van der Waals surface area contributed by atoms with Crippen LogP contribution in [-0.4, -0.2) is 22.5 Å². The molecule has 0 bridgehead atoms. The quantitative estimate of drug-likeness (QED) is 0.736. The number of carbonyl (C=O) groups is 1. The Hall–Kier alpha value is -2.95. The lowest BCUT2D eigenvalue weighted by Gasteiger charge is -2.13. The van der Waals surface area contributed by atoms with Gasteiger partial charge in [-0.15, -0.1) is 0 Å². The molecule has 0 atom stereocenters. The van der Waals surface area contributed by atoms with E-state index >= 15 is 0 Å². The van der Waals surface area contributed by atoms with Gasteiger partial charge in [-0.1, -0.05) is 30.3 Å². The van der Waals surface area contributed by atoms with Crippen molar-refractivity contribution in [2.45, 2.75) is 32.2 Å². The molecule has 1 fully saturated rings. The van der Waals surface area contributed by atoms with Crippen LogP contribution in [-0.2, 0) is 6.54 Å². The first-order chi connectivity index (χ1) is 12.8. The molecule has 4 rings (SSSR count). The van der Waals surface area contributed by atoms with E-state index < -0.39 is 0 Å². The second-order valence-electron chi connectivity index (χ2n) is 6.48. The molecular formula is C21H21N3O2. The molecular weight excluding hydrogens is 326 g/mol. The molecule has 1 saturated carbocycles. The van der Waals surface area contributed by atoms with Crippen molar-refractivity contribution in [1.29, 1.82) is 0 Å². The van der Waals surface area contributed by atoms with E-state index in [9.17, 15) is 4.79 Å². The monoisotopic (exact) mass is 347 g/mol. The zero-order valence-electron chi connectivity index (χ0n) is 14.7. The third-order valence-electron chi connectivity index (χ3n) is 4.59. The molecule has 1 N–H and O–H groups in total. The molecule has 5 nitrogen and oxygen atoms in total. The molecule has 0 spiro atoms. The Kier molecular flexibility index (Phi) is 4.52. The highest BCUT2D eigenvalue weighted by atomic mass is 16.5. The van der Waals surface area contributed by atoms with Gasteiger partial charge in [-0.05, 0) is 42.7 Å². The van der Waals surface area contributed by atoms with E-state index in [-0.39, 0.29) is 5.91 Å². The largest absolute Gasteiger partial charge is 0.493 e. The highest BCUT2D eigenvalue weighted by molar-refractivity contribution is 6.09. The minimum Gasteiger partial charge on any atom is -0.493 e. The number of benzene rings is 2. The molecule has 1 aromatic heterocycles. The number of aromatic nitrogens is 2. The molecule has 0 aliphatic heterocycles. The third-order valence-corrected chi connectivity index (χ3v) is 4.59. The van der Waals surface area contributed by atoms with Gasteiger partial charge in [0, 0.05) is 11.6 Å². The Morgan fingerprint density at radius 1 is 1.19 bits per heavy atom. The fourth-order valence-electron chi connectivity index (χ4n) is 3.13. The number of fused-ring (bicyclic) bond motifs is 1. The molecule has 1 aliphatic rings. The summed E-state index contributed by atoms with van der Waals surface area (Å²) in [7, 11) is 0. The van der Waals surface area contributed by atoms with Crippen molar-refractivity contribution in [1.82, 2.24) is 15.3 Å². The molecule has 2 aromatic carbocycles. The Labute approximate surface area is 152 Å². The van der Waals surface area contributed by atoms with Gasteiger partial charge in [0.05, 0.1) is 24.4 Å². The number of nitrogens with zero attached hydrogens (tertiary/aromatic N) is 2. The summed E-state index contributed by atoms with van der Waals surface area (Å²) in [6.45, 7) is 2.79. The minimum absolute atomic E-state index is 0.156. The molecule has 1 amide bonds. The topological polar surface area (TPSA) is 64.1 Å². The van der Waals surface area contributed by atoms with Crippen LogP contribution in [0.5, 0.6) is 5.75 Å². The first-order valence-electron chi connectivity index (χ1n) is 9.00. The van der Waals surface area contributed by atoms with Crippen molar-refractivity contribution >= 4 is 16.7 Å². The zero-order valence-corrected chi connectivity index (χ0v) is 14.7. The number of carbonyl (C=O) groups excluding carboxylic acids is 1. The van der Waals surface area contributed by atoms with Gasteiger partial charge in [0.2, 0.25) is 0 Å². The number of amides is 1. The van der Waals surface area contributed by atoms with Gasteiger partial charge in [-0.25, -0.2) is 9.97 Å². The van der Waals surface area contributed by atoms with E-state index in [0.29, 0.717) is 30.4 Å². The average Bonchev–Trinajstić information content (AvgIpc) is 3.52. The van der Waals surface area contributed by atoms with Crippen molar-refractivity contribution in [2.24, 2.45) is 0 Å². The first-order valence-corrected chi connectivity index (χ1v) is 9.00.